The Balaban J connectivity index is 2.26. The third-order valence-electron chi connectivity index (χ3n) is 3.04. The lowest BCUT2D eigenvalue weighted by molar-refractivity contribution is -0.0275. The van der Waals surface area contributed by atoms with Crippen molar-refractivity contribution in [1.82, 2.24) is 4.90 Å². The number of nitrogens with zero attached hydrogens (tertiary/aromatic N) is 1. The summed E-state index contributed by atoms with van der Waals surface area (Å²) in [4.78, 5) is 2.42. The summed E-state index contributed by atoms with van der Waals surface area (Å²) in [6.45, 7) is 9.86. The number of benzene rings is 1. The number of hydrogen-bond acceptors (Lipinski definition) is 2. The Morgan fingerprint density at radius 2 is 1.81 bits per heavy atom. The van der Waals surface area contributed by atoms with Crippen molar-refractivity contribution in [2.45, 2.75) is 45.6 Å². The largest absolute Gasteiger partial charge is 0.355 e. The van der Waals surface area contributed by atoms with Crippen molar-refractivity contribution in [1.29, 1.82) is 0 Å². The van der Waals surface area contributed by atoms with Crippen LogP contribution in [0.25, 0.3) is 0 Å². The molecule has 2 rings (SSSR count). The Kier molecular flexibility index (Phi) is 3.04. The molecule has 0 amide bonds. The maximum absolute atomic E-state index is 6.01. The van der Waals surface area contributed by atoms with Crippen LogP contribution in [0.3, 0.4) is 0 Å². The lowest BCUT2D eigenvalue weighted by atomic mass is 10.0. The van der Waals surface area contributed by atoms with E-state index in [1.54, 1.807) is 0 Å². The van der Waals surface area contributed by atoms with Gasteiger partial charge in [0.1, 0.15) is 6.23 Å². The van der Waals surface area contributed by atoms with Gasteiger partial charge < -0.3 is 4.74 Å². The molecule has 0 bridgehead atoms. The van der Waals surface area contributed by atoms with E-state index >= 15 is 0 Å². The van der Waals surface area contributed by atoms with Crippen molar-refractivity contribution in [2.24, 2.45) is 0 Å². The van der Waals surface area contributed by atoms with E-state index in [1.165, 1.54) is 5.56 Å². The summed E-state index contributed by atoms with van der Waals surface area (Å²) in [5, 5.41) is 0. The van der Waals surface area contributed by atoms with E-state index in [2.05, 4.69) is 56.9 Å². The van der Waals surface area contributed by atoms with Gasteiger partial charge in [-0.05, 0) is 33.3 Å². The van der Waals surface area contributed by atoms with Gasteiger partial charge in [0, 0.05) is 12.1 Å². The smallest absolute Gasteiger partial charge is 0.137 e. The van der Waals surface area contributed by atoms with E-state index in [0.29, 0.717) is 6.10 Å². The van der Waals surface area contributed by atoms with Crippen LogP contribution in [-0.4, -0.2) is 23.1 Å². The zero-order valence-electron chi connectivity index (χ0n) is 10.6. The monoisotopic (exact) mass is 219 g/mol. The van der Waals surface area contributed by atoms with Gasteiger partial charge in [-0.3, -0.25) is 4.90 Å². The van der Waals surface area contributed by atoms with Crippen molar-refractivity contribution in [3.05, 3.63) is 35.9 Å². The first-order valence-corrected chi connectivity index (χ1v) is 5.95. The summed E-state index contributed by atoms with van der Waals surface area (Å²) in [6, 6.07) is 10.5. The Bertz CT molecular complexity index is 342. The average Bonchev–Trinajstić information content (AvgIpc) is 2.61. The minimum atomic E-state index is 0.108. The standard InChI is InChI=1S/C14H21NO/c1-11-10-15(14(2,3)4)13(16-11)12-8-6-5-7-9-12/h5-9,11,13H,10H2,1-4H3/t11-,13+/m1/s1. The van der Waals surface area contributed by atoms with Crippen molar-refractivity contribution in [2.75, 3.05) is 6.54 Å². The highest BCUT2D eigenvalue weighted by Gasteiger charge is 2.37. The van der Waals surface area contributed by atoms with Crippen LogP contribution in [0.4, 0.5) is 0 Å². The maximum Gasteiger partial charge on any atom is 0.137 e. The topological polar surface area (TPSA) is 12.5 Å². The average molecular weight is 219 g/mol. The highest BCUT2D eigenvalue weighted by Crippen LogP contribution is 2.35. The summed E-state index contributed by atoms with van der Waals surface area (Å²) < 4.78 is 6.01. The van der Waals surface area contributed by atoms with Crippen LogP contribution < -0.4 is 0 Å². The Labute approximate surface area is 98.2 Å². The molecule has 0 spiro atoms. The molecule has 0 aromatic heterocycles. The normalized spacial score (nSPS) is 27.2. The van der Waals surface area contributed by atoms with Crippen molar-refractivity contribution < 1.29 is 4.74 Å². The van der Waals surface area contributed by atoms with Gasteiger partial charge >= 0.3 is 0 Å². The fourth-order valence-electron chi connectivity index (χ4n) is 2.21. The number of rotatable bonds is 1. The van der Waals surface area contributed by atoms with Gasteiger partial charge in [-0.1, -0.05) is 30.3 Å². The Morgan fingerprint density at radius 1 is 1.19 bits per heavy atom. The predicted octanol–water partition coefficient (Wildman–Crippen LogP) is 3.20. The van der Waals surface area contributed by atoms with E-state index in [1.807, 2.05) is 6.07 Å². The second-order valence-corrected chi connectivity index (χ2v) is 5.53. The van der Waals surface area contributed by atoms with E-state index in [0.717, 1.165) is 6.54 Å². The molecule has 2 atom stereocenters. The molecular formula is C14H21NO. The second-order valence-electron chi connectivity index (χ2n) is 5.53. The Hall–Kier alpha value is -0.860. The SMILES string of the molecule is C[C@@H]1CN(C(C)(C)C)[C@H](c2ccccc2)O1. The van der Waals surface area contributed by atoms with Gasteiger partial charge in [-0.2, -0.15) is 0 Å². The summed E-state index contributed by atoms with van der Waals surface area (Å²) in [5.74, 6) is 0. The highest BCUT2D eigenvalue weighted by atomic mass is 16.5. The molecule has 1 aliphatic heterocycles. The van der Waals surface area contributed by atoms with Crippen LogP contribution in [-0.2, 0) is 4.74 Å². The molecule has 1 saturated heterocycles. The van der Waals surface area contributed by atoms with Gasteiger partial charge in [0.15, 0.2) is 0 Å². The first kappa shape index (κ1) is 11.6. The van der Waals surface area contributed by atoms with Crippen LogP contribution in [0.15, 0.2) is 30.3 Å². The van der Waals surface area contributed by atoms with Crippen LogP contribution in [0.1, 0.15) is 39.5 Å². The molecule has 16 heavy (non-hydrogen) atoms. The summed E-state index contributed by atoms with van der Waals surface area (Å²) in [6.07, 6.45) is 0.417. The molecule has 88 valence electrons. The van der Waals surface area contributed by atoms with Gasteiger partial charge in [-0.15, -0.1) is 0 Å². The molecule has 0 saturated carbocycles. The van der Waals surface area contributed by atoms with E-state index in [9.17, 15) is 0 Å². The number of ether oxygens (including phenoxy) is 1. The first-order valence-electron chi connectivity index (χ1n) is 5.95. The van der Waals surface area contributed by atoms with E-state index in [-0.39, 0.29) is 11.8 Å². The molecule has 2 heteroatoms. The molecule has 1 aliphatic rings. The fourth-order valence-corrected chi connectivity index (χ4v) is 2.21. The predicted molar refractivity (Wildman–Crippen MR) is 66.2 cm³/mol. The van der Waals surface area contributed by atoms with Gasteiger partial charge in [0.25, 0.3) is 0 Å². The zero-order chi connectivity index (χ0) is 11.8. The molecule has 1 heterocycles. The highest BCUT2D eigenvalue weighted by molar-refractivity contribution is 5.18. The quantitative estimate of drug-likeness (QED) is 0.719. The molecule has 0 unspecified atom stereocenters. The van der Waals surface area contributed by atoms with Crippen molar-refractivity contribution in [3.8, 4) is 0 Å². The molecule has 2 nitrogen and oxygen atoms in total. The van der Waals surface area contributed by atoms with Crippen LogP contribution >= 0.6 is 0 Å². The lowest BCUT2D eigenvalue weighted by Gasteiger charge is -2.35. The minimum absolute atomic E-state index is 0.108. The zero-order valence-corrected chi connectivity index (χ0v) is 10.6. The van der Waals surface area contributed by atoms with Crippen molar-refractivity contribution >= 4 is 0 Å². The summed E-state index contributed by atoms with van der Waals surface area (Å²) in [5.41, 5.74) is 1.40. The fraction of sp³-hybridized carbons (Fsp3) is 0.571. The molecular weight excluding hydrogens is 198 g/mol. The van der Waals surface area contributed by atoms with Gasteiger partial charge in [0.2, 0.25) is 0 Å². The molecule has 1 fully saturated rings. The minimum Gasteiger partial charge on any atom is -0.355 e. The second kappa shape index (κ2) is 4.19. The first-order chi connectivity index (χ1) is 7.48. The lowest BCUT2D eigenvalue weighted by Crippen LogP contribution is -2.41. The van der Waals surface area contributed by atoms with Gasteiger partial charge in [-0.25, -0.2) is 0 Å². The van der Waals surface area contributed by atoms with Crippen LogP contribution in [0.5, 0.6) is 0 Å². The summed E-state index contributed by atoms with van der Waals surface area (Å²) in [7, 11) is 0. The third-order valence-corrected chi connectivity index (χ3v) is 3.04. The number of hydrogen-bond donors (Lipinski definition) is 0. The van der Waals surface area contributed by atoms with Crippen molar-refractivity contribution in [3.63, 3.8) is 0 Å². The molecule has 1 aromatic rings. The van der Waals surface area contributed by atoms with E-state index < -0.39 is 0 Å². The third kappa shape index (κ3) is 2.28. The summed E-state index contributed by atoms with van der Waals surface area (Å²) >= 11 is 0. The molecule has 0 radical (unpaired) electrons. The maximum atomic E-state index is 6.01. The molecule has 0 N–H and O–H groups in total. The molecule has 0 aliphatic carbocycles. The van der Waals surface area contributed by atoms with Crippen LogP contribution in [0, 0.1) is 0 Å². The van der Waals surface area contributed by atoms with Gasteiger partial charge in [0.05, 0.1) is 6.10 Å². The molecule has 1 aromatic carbocycles. The van der Waals surface area contributed by atoms with Crippen LogP contribution in [0.2, 0.25) is 0 Å². The van der Waals surface area contributed by atoms with E-state index in [4.69, 9.17) is 4.74 Å². The Morgan fingerprint density at radius 3 is 2.38 bits per heavy atom.